The summed E-state index contributed by atoms with van der Waals surface area (Å²) in [5.41, 5.74) is 0. The highest BCUT2D eigenvalue weighted by molar-refractivity contribution is 8.26. The maximum atomic E-state index is 11.6. The fourth-order valence-corrected chi connectivity index (χ4v) is 2.26. The number of hydrogen-bond acceptors (Lipinski definition) is 5. The quantitative estimate of drug-likeness (QED) is 0.542. The zero-order chi connectivity index (χ0) is 16.1. The van der Waals surface area contributed by atoms with Gasteiger partial charge in [0.1, 0.15) is 0 Å². The van der Waals surface area contributed by atoms with Gasteiger partial charge in [0.25, 0.3) is 0 Å². The number of nitrogens with one attached hydrogen (secondary N) is 2. The van der Waals surface area contributed by atoms with E-state index in [1.54, 1.807) is 0 Å². The number of carbonyl (C=O) groups excluding carboxylic acids is 2. The molecule has 2 N–H and O–H groups in total. The second-order valence-electron chi connectivity index (χ2n) is 5.78. The second-order valence-corrected chi connectivity index (χ2v) is 6.90. The largest absolute Gasteiger partial charge is 0.316 e. The van der Waals surface area contributed by atoms with Crippen molar-refractivity contribution < 1.29 is 9.59 Å². The molecule has 0 aliphatic heterocycles. The zero-order valence-corrected chi connectivity index (χ0v) is 14.9. The summed E-state index contributed by atoms with van der Waals surface area (Å²) in [4.78, 5) is 23.3. The molecule has 0 aromatic carbocycles. The van der Waals surface area contributed by atoms with Crippen LogP contribution in [0.3, 0.4) is 0 Å². The molecular formula is C16H32N2O2S. The Balaban J connectivity index is 3.54. The zero-order valence-electron chi connectivity index (χ0n) is 14.0. The van der Waals surface area contributed by atoms with Crippen molar-refractivity contribution in [1.82, 2.24) is 10.6 Å². The van der Waals surface area contributed by atoms with Gasteiger partial charge in [-0.3, -0.25) is 9.59 Å². The van der Waals surface area contributed by atoms with Crippen molar-refractivity contribution in [3.05, 3.63) is 0 Å². The molecule has 0 radical (unpaired) electrons. The maximum Gasteiger partial charge on any atom is 0.197 e. The van der Waals surface area contributed by atoms with Gasteiger partial charge in [0, 0.05) is 25.9 Å². The Morgan fingerprint density at radius 1 is 0.857 bits per heavy atom. The summed E-state index contributed by atoms with van der Waals surface area (Å²) in [5, 5.41) is 6.45. The van der Waals surface area contributed by atoms with Crippen LogP contribution in [-0.2, 0) is 9.59 Å². The van der Waals surface area contributed by atoms with Gasteiger partial charge >= 0.3 is 0 Å². The van der Waals surface area contributed by atoms with Crippen LogP contribution in [0, 0.1) is 11.8 Å². The van der Waals surface area contributed by atoms with Gasteiger partial charge in [0.2, 0.25) is 0 Å². The first-order valence-corrected chi connectivity index (χ1v) is 8.96. The molecule has 2 atom stereocenters. The summed E-state index contributed by atoms with van der Waals surface area (Å²) in [6.45, 7) is 11.9. The van der Waals surface area contributed by atoms with Gasteiger partial charge in [-0.15, -0.1) is 0 Å². The summed E-state index contributed by atoms with van der Waals surface area (Å²) in [6, 6.07) is 0. The van der Waals surface area contributed by atoms with Crippen molar-refractivity contribution in [1.29, 1.82) is 0 Å². The fraction of sp³-hybridized carbons (Fsp3) is 0.875. The number of carbonyl (C=O) groups is 2. The van der Waals surface area contributed by atoms with Crippen molar-refractivity contribution >= 4 is 22.0 Å². The van der Waals surface area contributed by atoms with Gasteiger partial charge < -0.3 is 10.6 Å². The summed E-state index contributed by atoms with van der Waals surface area (Å²) in [5.74, 6) is 1.26. The molecule has 0 rings (SSSR count). The lowest BCUT2D eigenvalue weighted by atomic mass is 10.1. The molecule has 0 aromatic heterocycles. The first-order chi connectivity index (χ1) is 9.99. The smallest absolute Gasteiger partial charge is 0.197 e. The van der Waals surface area contributed by atoms with Crippen molar-refractivity contribution in [2.75, 3.05) is 26.2 Å². The third-order valence-electron chi connectivity index (χ3n) is 3.62. The van der Waals surface area contributed by atoms with Gasteiger partial charge in [-0.25, -0.2) is 0 Å². The van der Waals surface area contributed by atoms with Crippen LogP contribution in [0.2, 0.25) is 0 Å². The van der Waals surface area contributed by atoms with Gasteiger partial charge in [-0.1, -0.05) is 40.5 Å². The lowest BCUT2D eigenvalue weighted by Gasteiger charge is -2.10. The minimum absolute atomic E-state index is 0.0291. The highest BCUT2D eigenvalue weighted by Gasteiger charge is 2.10. The summed E-state index contributed by atoms with van der Waals surface area (Å²) < 4.78 is 0. The lowest BCUT2D eigenvalue weighted by molar-refractivity contribution is -0.113. The fourth-order valence-electron chi connectivity index (χ4n) is 1.60. The second kappa shape index (κ2) is 13.3. The van der Waals surface area contributed by atoms with Crippen LogP contribution in [0.15, 0.2) is 0 Å². The minimum atomic E-state index is -0.0291. The van der Waals surface area contributed by atoms with E-state index < -0.39 is 0 Å². The number of thioether (sulfide) groups is 1. The molecule has 0 aromatic rings. The summed E-state index contributed by atoms with van der Waals surface area (Å²) in [7, 11) is 0. The highest BCUT2D eigenvalue weighted by atomic mass is 32.2. The molecule has 0 amide bonds. The van der Waals surface area contributed by atoms with E-state index >= 15 is 0 Å². The van der Waals surface area contributed by atoms with E-state index in [4.69, 9.17) is 0 Å². The number of rotatable bonds is 12. The van der Waals surface area contributed by atoms with E-state index in [1.807, 2.05) is 0 Å². The SMILES string of the molecule is CCC(C)CNCCC(=O)SC(=O)CCNCC(C)CC. The van der Waals surface area contributed by atoms with E-state index in [-0.39, 0.29) is 10.2 Å². The van der Waals surface area contributed by atoms with Crippen molar-refractivity contribution in [3.8, 4) is 0 Å². The molecule has 0 spiro atoms. The first-order valence-electron chi connectivity index (χ1n) is 8.14. The van der Waals surface area contributed by atoms with Gasteiger partial charge in [-0.05, 0) is 36.7 Å². The number of hydrogen-bond donors (Lipinski definition) is 2. The standard InChI is InChI=1S/C16H32N2O2S/c1-5-13(3)11-17-9-7-15(19)21-16(20)8-10-18-12-14(4)6-2/h13-14,17-18H,5-12H2,1-4H3. The van der Waals surface area contributed by atoms with Crippen LogP contribution >= 0.6 is 11.8 Å². The third kappa shape index (κ3) is 13.0. The molecule has 0 saturated carbocycles. The Bertz CT molecular complexity index is 270. The Morgan fingerprint density at radius 3 is 1.57 bits per heavy atom. The molecule has 21 heavy (non-hydrogen) atoms. The van der Waals surface area contributed by atoms with Crippen molar-refractivity contribution in [2.24, 2.45) is 11.8 Å². The van der Waals surface area contributed by atoms with E-state index in [1.165, 1.54) is 0 Å². The van der Waals surface area contributed by atoms with Crippen LogP contribution in [0.1, 0.15) is 53.4 Å². The minimum Gasteiger partial charge on any atom is -0.316 e. The Morgan fingerprint density at radius 2 is 1.24 bits per heavy atom. The van der Waals surface area contributed by atoms with Gasteiger partial charge in [0.15, 0.2) is 10.2 Å². The molecule has 124 valence electrons. The predicted octanol–water partition coefficient (Wildman–Crippen LogP) is 2.82. The molecule has 0 saturated heterocycles. The molecule has 0 aliphatic carbocycles. The van der Waals surface area contributed by atoms with Crippen molar-refractivity contribution in [3.63, 3.8) is 0 Å². The predicted molar refractivity (Wildman–Crippen MR) is 91.5 cm³/mol. The van der Waals surface area contributed by atoms with E-state index in [2.05, 4.69) is 38.3 Å². The first kappa shape index (κ1) is 20.6. The Hall–Kier alpha value is -0.390. The lowest BCUT2D eigenvalue weighted by Crippen LogP contribution is -2.24. The third-order valence-corrected chi connectivity index (χ3v) is 4.48. The van der Waals surface area contributed by atoms with Crippen LogP contribution < -0.4 is 10.6 Å². The normalized spacial score (nSPS) is 13.9. The highest BCUT2D eigenvalue weighted by Crippen LogP contribution is 2.09. The Labute approximate surface area is 134 Å². The molecule has 2 unspecified atom stereocenters. The molecule has 4 nitrogen and oxygen atoms in total. The molecular weight excluding hydrogens is 284 g/mol. The Kier molecular flexibility index (Phi) is 13.0. The maximum absolute atomic E-state index is 11.6. The molecule has 0 heterocycles. The van der Waals surface area contributed by atoms with E-state index in [0.29, 0.717) is 37.8 Å². The van der Waals surface area contributed by atoms with Gasteiger partial charge in [-0.2, -0.15) is 0 Å². The molecule has 0 fully saturated rings. The van der Waals surface area contributed by atoms with E-state index in [9.17, 15) is 9.59 Å². The summed E-state index contributed by atoms with van der Waals surface area (Å²) in [6.07, 6.45) is 3.12. The average Bonchev–Trinajstić information content (AvgIpc) is 2.47. The molecule has 5 heteroatoms. The molecule has 0 bridgehead atoms. The van der Waals surface area contributed by atoms with Crippen molar-refractivity contribution in [2.45, 2.75) is 53.4 Å². The van der Waals surface area contributed by atoms with Crippen LogP contribution in [0.5, 0.6) is 0 Å². The monoisotopic (exact) mass is 316 g/mol. The topological polar surface area (TPSA) is 58.2 Å². The molecule has 0 aliphatic rings. The van der Waals surface area contributed by atoms with Crippen LogP contribution in [-0.4, -0.2) is 36.4 Å². The average molecular weight is 317 g/mol. The summed E-state index contributed by atoms with van der Waals surface area (Å²) >= 11 is 0.871. The van der Waals surface area contributed by atoms with Crippen LogP contribution in [0.4, 0.5) is 0 Å². The van der Waals surface area contributed by atoms with E-state index in [0.717, 1.165) is 37.7 Å². The van der Waals surface area contributed by atoms with Crippen LogP contribution in [0.25, 0.3) is 0 Å². The van der Waals surface area contributed by atoms with Gasteiger partial charge in [0.05, 0.1) is 0 Å².